The third kappa shape index (κ3) is 42.0. The zero-order valence-electron chi connectivity index (χ0n) is 39.3. The van der Waals surface area contributed by atoms with Crippen LogP contribution in [0, 0.1) is 0 Å². The number of allylic oxidation sites excluding steroid dienone is 12. The van der Waals surface area contributed by atoms with Crippen LogP contribution in [0.5, 0.6) is 0 Å². The Morgan fingerprint density at radius 2 is 0.917 bits per heavy atom. The van der Waals surface area contributed by atoms with Crippen LogP contribution >= 0.6 is 0 Å². The summed E-state index contributed by atoms with van der Waals surface area (Å²) in [6, 6.07) is -0.723. The van der Waals surface area contributed by atoms with Gasteiger partial charge in [-0.3, -0.25) is 9.59 Å². The molecule has 0 radical (unpaired) electrons. The normalized spacial score (nSPS) is 13.9. The molecule has 3 atom stereocenters. The highest BCUT2D eigenvalue weighted by Crippen LogP contribution is 2.16. The van der Waals surface area contributed by atoms with Gasteiger partial charge in [0.25, 0.3) is 0 Å². The maximum atomic E-state index is 13.2. The fourth-order valence-corrected chi connectivity index (χ4v) is 7.22. The summed E-state index contributed by atoms with van der Waals surface area (Å²) in [5.74, 6) is -0.543. The fourth-order valence-electron chi connectivity index (χ4n) is 7.22. The molecule has 60 heavy (non-hydrogen) atoms. The van der Waals surface area contributed by atoms with Gasteiger partial charge in [-0.15, -0.1) is 0 Å². The molecule has 0 rings (SSSR count). The molecule has 346 valence electrons. The van der Waals surface area contributed by atoms with Crippen molar-refractivity contribution >= 4 is 11.9 Å². The van der Waals surface area contributed by atoms with Gasteiger partial charge in [0.1, 0.15) is 6.10 Å². The van der Waals surface area contributed by atoms with Gasteiger partial charge in [-0.25, -0.2) is 0 Å². The van der Waals surface area contributed by atoms with E-state index in [1.165, 1.54) is 96.3 Å². The van der Waals surface area contributed by atoms with Crippen molar-refractivity contribution in [1.29, 1.82) is 0 Å². The van der Waals surface area contributed by atoms with Gasteiger partial charge in [0.05, 0.1) is 25.2 Å². The largest absolute Gasteiger partial charge is 0.462 e. The lowest BCUT2D eigenvalue weighted by Crippen LogP contribution is -2.46. The van der Waals surface area contributed by atoms with E-state index in [0.717, 1.165) is 89.9 Å². The Labute approximate surface area is 371 Å². The second-order valence-corrected chi connectivity index (χ2v) is 16.8. The van der Waals surface area contributed by atoms with Crippen molar-refractivity contribution in [3.8, 4) is 0 Å². The van der Waals surface area contributed by atoms with E-state index in [-0.39, 0.29) is 24.9 Å². The Bertz CT molecular complexity index is 1120. The molecular formula is C54H95NO5. The molecule has 0 aromatic carbocycles. The Hall–Kier alpha value is -2.70. The summed E-state index contributed by atoms with van der Waals surface area (Å²) in [7, 11) is 0. The van der Waals surface area contributed by atoms with Crippen LogP contribution in [0.3, 0.4) is 0 Å². The maximum absolute atomic E-state index is 13.2. The van der Waals surface area contributed by atoms with Crippen LogP contribution in [0.15, 0.2) is 72.9 Å². The smallest absolute Gasteiger partial charge is 0.306 e. The number of hydrogen-bond donors (Lipinski definition) is 3. The van der Waals surface area contributed by atoms with E-state index in [4.69, 9.17) is 4.74 Å². The van der Waals surface area contributed by atoms with Crippen molar-refractivity contribution in [2.45, 2.75) is 251 Å². The molecule has 3 unspecified atom stereocenters. The van der Waals surface area contributed by atoms with Gasteiger partial charge in [0, 0.05) is 6.42 Å². The van der Waals surface area contributed by atoms with Crippen molar-refractivity contribution in [1.82, 2.24) is 5.32 Å². The summed E-state index contributed by atoms with van der Waals surface area (Å²) in [6.45, 7) is 6.32. The fraction of sp³-hybridized carbons (Fsp3) is 0.741. The minimum absolute atomic E-state index is 0.0329. The zero-order chi connectivity index (χ0) is 43.8. The first-order valence-corrected chi connectivity index (χ1v) is 25.2. The monoisotopic (exact) mass is 838 g/mol. The molecule has 0 aromatic rings. The lowest BCUT2D eigenvalue weighted by Gasteiger charge is -2.24. The molecule has 0 saturated heterocycles. The third-order valence-electron chi connectivity index (χ3n) is 11.0. The number of aliphatic hydroxyl groups excluding tert-OH is 2. The first kappa shape index (κ1) is 57.3. The van der Waals surface area contributed by atoms with Gasteiger partial charge in [-0.2, -0.15) is 0 Å². The molecule has 0 aliphatic heterocycles. The molecule has 1 amide bonds. The minimum Gasteiger partial charge on any atom is -0.462 e. The molecule has 0 aromatic heterocycles. The summed E-state index contributed by atoms with van der Waals surface area (Å²) >= 11 is 0. The van der Waals surface area contributed by atoms with Crippen molar-refractivity contribution in [2.24, 2.45) is 0 Å². The highest BCUT2D eigenvalue weighted by Gasteiger charge is 2.24. The molecule has 0 aliphatic rings. The second-order valence-electron chi connectivity index (χ2n) is 16.8. The van der Waals surface area contributed by atoms with Crippen LogP contribution in [0.1, 0.15) is 233 Å². The van der Waals surface area contributed by atoms with Gasteiger partial charge in [0.15, 0.2) is 0 Å². The van der Waals surface area contributed by atoms with E-state index in [9.17, 15) is 19.8 Å². The molecule has 0 aliphatic carbocycles. The standard InChI is InChI=1S/C54H95NO5/c1-4-7-10-13-16-19-22-25-26-27-28-29-30-33-36-39-42-45-50(60-54(59)47-44-41-38-35-32-24-21-18-15-12-9-6-3)48-53(58)55-51(49-56)52(57)46-43-40-37-34-31-23-20-17-14-11-8-5-2/h7,10,16,18-19,21,25-26,28-29,33,36,50-52,56-57H,4-6,8-9,11-15,17,20,22-24,27,30-32,34-35,37-49H2,1-3H3,(H,55,58)/b10-7-,19-16-,21-18-,26-25-,29-28-,36-33-. The predicted octanol–water partition coefficient (Wildman–Crippen LogP) is 15.0. The number of rotatable bonds is 44. The number of hydrogen-bond acceptors (Lipinski definition) is 5. The van der Waals surface area contributed by atoms with Crippen molar-refractivity contribution in [3.63, 3.8) is 0 Å². The number of esters is 1. The summed E-state index contributed by atoms with van der Waals surface area (Å²) < 4.78 is 5.89. The van der Waals surface area contributed by atoms with E-state index in [1.54, 1.807) is 0 Å². The average molecular weight is 838 g/mol. The zero-order valence-corrected chi connectivity index (χ0v) is 39.3. The first-order chi connectivity index (χ1) is 29.5. The van der Waals surface area contributed by atoms with Crippen LogP contribution in [0.4, 0.5) is 0 Å². The van der Waals surface area contributed by atoms with Crippen LogP contribution in [0.2, 0.25) is 0 Å². The van der Waals surface area contributed by atoms with E-state index in [2.05, 4.69) is 99.0 Å². The molecule has 0 saturated carbocycles. The maximum Gasteiger partial charge on any atom is 0.306 e. The molecule has 0 bridgehead atoms. The van der Waals surface area contributed by atoms with E-state index in [0.29, 0.717) is 19.3 Å². The molecule has 0 heterocycles. The van der Waals surface area contributed by atoms with Gasteiger partial charge in [-0.1, -0.05) is 203 Å². The quantitative estimate of drug-likeness (QED) is 0.0323. The number of carbonyl (C=O) groups excluding carboxylic acids is 2. The lowest BCUT2D eigenvalue weighted by atomic mass is 10.0. The molecule has 3 N–H and O–H groups in total. The van der Waals surface area contributed by atoms with E-state index < -0.39 is 18.2 Å². The Balaban J connectivity index is 4.72. The van der Waals surface area contributed by atoms with Crippen LogP contribution in [-0.2, 0) is 14.3 Å². The first-order valence-electron chi connectivity index (χ1n) is 25.2. The molecular weight excluding hydrogens is 743 g/mol. The van der Waals surface area contributed by atoms with Gasteiger partial charge >= 0.3 is 5.97 Å². The van der Waals surface area contributed by atoms with Gasteiger partial charge in [-0.05, 0) is 89.9 Å². The third-order valence-corrected chi connectivity index (χ3v) is 11.0. The molecule has 0 fully saturated rings. The summed E-state index contributed by atoms with van der Waals surface area (Å²) in [6.07, 6.45) is 59.6. The Morgan fingerprint density at radius 1 is 0.500 bits per heavy atom. The predicted molar refractivity (Wildman–Crippen MR) is 259 cm³/mol. The highest BCUT2D eigenvalue weighted by atomic mass is 16.5. The number of aliphatic hydroxyl groups is 2. The highest BCUT2D eigenvalue weighted by molar-refractivity contribution is 5.77. The number of unbranched alkanes of at least 4 members (excludes halogenated alkanes) is 20. The summed E-state index contributed by atoms with van der Waals surface area (Å²) in [5, 5.41) is 23.7. The minimum atomic E-state index is -0.805. The van der Waals surface area contributed by atoms with E-state index >= 15 is 0 Å². The topological polar surface area (TPSA) is 95.9 Å². The second kappa shape index (κ2) is 47.4. The number of carbonyl (C=O) groups is 2. The van der Waals surface area contributed by atoms with Gasteiger partial charge < -0.3 is 20.3 Å². The van der Waals surface area contributed by atoms with Crippen molar-refractivity contribution < 1.29 is 24.5 Å². The van der Waals surface area contributed by atoms with Crippen LogP contribution in [0.25, 0.3) is 0 Å². The van der Waals surface area contributed by atoms with Gasteiger partial charge in [0.2, 0.25) is 5.91 Å². The van der Waals surface area contributed by atoms with Crippen molar-refractivity contribution in [3.05, 3.63) is 72.9 Å². The molecule has 6 heteroatoms. The van der Waals surface area contributed by atoms with Crippen LogP contribution in [-0.4, -0.2) is 46.9 Å². The lowest BCUT2D eigenvalue weighted by molar-refractivity contribution is -0.151. The van der Waals surface area contributed by atoms with Crippen LogP contribution < -0.4 is 5.32 Å². The molecule has 6 nitrogen and oxygen atoms in total. The number of nitrogens with one attached hydrogen (secondary N) is 1. The summed E-state index contributed by atoms with van der Waals surface area (Å²) in [4.78, 5) is 26.1. The Morgan fingerprint density at radius 3 is 1.45 bits per heavy atom. The molecule has 0 spiro atoms. The van der Waals surface area contributed by atoms with Crippen molar-refractivity contribution in [2.75, 3.05) is 6.61 Å². The number of amides is 1. The SMILES string of the molecule is CC/C=C\C/C=C\C/C=C\C/C=C\C/C=C\CCCC(CC(=O)NC(CO)C(O)CCCCCCCCCCCCCC)OC(=O)CCCCCCC/C=C\CCCCC. The van der Waals surface area contributed by atoms with E-state index in [1.807, 2.05) is 0 Å². The number of ether oxygens (including phenoxy) is 1. The Kier molecular flexibility index (Phi) is 45.2. The summed E-state index contributed by atoms with van der Waals surface area (Å²) in [5.41, 5.74) is 0. The average Bonchev–Trinajstić information content (AvgIpc) is 3.24.